The van der Waals surface area contributed by atoms with Gasteiger partial charge in [0, 0.05) is 0 Å². The Morgan fingerprint density at radius 3 is 2.05 bits per heavy atom. The highest BCUT2D eigenvalue weighted by Crippen LogP contribution is 2.52. The molecule has 2 fully saturated rings. The van der Waals surface area contributed by atoms with Gasteiger partial charge in [-0.25, -0.2) is 0 Å². The zero-order valence-corrected chi connectivity index (χ0v) is 11.3. The largest absolute Gasteiger partial charge is 0.0622 e. The standard InChI is InChI=1S/C19H20/c1-2-4-15(5-3-1)16-8-10-17(11-9-16)19-13-14-6-7-18(19)12-14/h1-5,8-11,14,18-19H,6-7,12-13H2. The number of fused-ring (bicyclic) bond motifs is 2. The lowest BCUT2D eigenvalue weighted by Crippen LogP contribution is -2.08. The number of rotatable bonds is 2. The first-order valence-corrected chi connectivity index (χ1v) is 7.55. The first kappa shape index (κ1) is 11.3. The Labute approximate surface area is 115 Å². The maximum atomic E-state index is 2.37. The van der Waals surface area contributed by atoms with Crippen LogP contribution in [-0.2, 0) is 0 Å². The topological polar surface area (TPSA) is 0 Å². The van der Waals surface area contributed by atoms with Crippen molar-refractivity contribution >= 4 is 0 Å². The van der Waals surface area contributed by atoms with E-state index in [0.29, 0.717) is 0 Å². The summed E-state index contributed by atoms with van der Waals surface area (Å²) in [5, 5.41) is 0. The average molecular weight is 248 g/mol. The van der Waals surface area contributed by atoms with Crippen molar-refractivity contribution in [3.63, 3.8) is 0 Å². The molecule has 0 saturated heterocycles. The first-order chi connectivity index (χ1) is 9.40. The third kappa shape index (κ3) is 2.00. The van der Waals surface area contributed by atoms with Crippen LogP contribution in [0.3, 0.4) is 0 Å². The van der Waals surface area contributed by atoms with Gasteiger partial charge in [-0.2, -0.15) is 0 Å². The first-order valence-electron chi connectivity index (χ1n) is 7.55. The molecule has 0 spiro atoms. The van der Waals surface area contributed by atoms with Crippen molar-refractivity contribution in [3.05, 3.63) is 60.2 Å². The molecule has 0 heteroatoms. The fraction of sp³-hybridized carbons (Fsp3) is 0.368. The van der Waals surface area contributed by atoms with Crippen LogP contribution in [0.25, 0.3) is 11.1 Å². The van der Waals surface area contributed by atoms with Crippen molar-refractivity contribution in [2.45, 2.75) is 31.6 Å². The van der Waals surface area contributed by atoms with E-state index in [4.69, 9.17) is 0 Å². The van der Waals surface area contributed by atoms with Crippen LogP contribution < -0.4 is 0 Å². The molecule has 2 aromatic carbocycles. The van der Waals surface area contributed by atoms with Gasteiger partial charge in [0.2, 0.25) is 0 Å². The molecule has 4 rings (SSSR count). The second-order valence-electron chi connectivity index (χ2n) is 6.27. The van der Waals surface area contributed by atoms with Crippen LogP contribution in [0, 0.1) is 11.8 Å². The third-order valence-corrected chi connectivity index (χ3v) is 5.18. The van der Waals surface area contributed by atoms with Crippen LogP contribution in [0.5, 0.6) is 0 Å². The van der Waals surface area contributed by atoms with E-state index < -0.39 is 0 Å². The lowest BCUT2D eigenvalue weighted by atomic mass is 9.83. The minimum Gasteiger partial charge on any atom is -0.0622 e. The van der Waals surface area contributed by atoms with Crippen LogP contribution >= 0.6 is 0 Å². The highest BCUT2D eigenvalue weighted by molar-refractivity contribution is 5.63. The molecule has 2 saturated carbocycles. The summed E-state index contributed by atoms with van der Waals surface area (Å²) in [6.07, 6.45) is 5.89. The summed E-state index contributed by atoms with van der Waals surface area (Å²) in [4.78, 5) is 0. The molecule has 19 heavy (non-hydrogen) atoms. The molecular weight excluding hydrogens is 228 g/mol. The molecule has 0 amide bonds. The van der Waals surface area contributed by atoms with Crippen molar-refractivity contribution < 1.29 is 0 Å². The minimum atomic E-state index is 0.851. The average Bonchev–Trinajstić information content (AvgIpc) is 3.11. The lowest BCUT2D eigenvalue weighted by Gasteiger charge is -2.22. The van der Waals surface area contributed by atoms with Gasteiger partial charge in [0.15, 0.2) is 0 Å². The summed E-state index contributed by atoms with van der Waals surface area (Å²) in [5.41, 5.74) is 4.24. The van der Waals surface area contributed by atoms with Crippen LogP contribution in [-0.4, -0.2) is 0 Å². The second kappa shape index (κ2) is 4.52. The number of hydrogen-bond donors (Lipinski definition) is 0. The SMILES string of the molecule is c1ccc(-c2ccc(C3CC4CCC3C4)cc2)cc1. The Balaban J connectivity index is 1.60. The highest BCUT2D eigenvalue weighted by Gasteiger charge is 2.39. The van der Waals surface area contributed by atoms with E-state index in [1.807, 2.05) is 0 Å². The Morgan fingerprint density at radius 1 is 0.684 bits per heavy atom. The molecule has 0 nitrogen and oxygen atoms in total. The van der Waals surface area contributed by atoms with Crippen LogP contribution in [0.1, 0.15) is 37.2 Å². The molecule has 2 aliphatic carbocycles. The van der Waals surface area contributed by atoms with E-state index >= 15 is 0 Å². The van der Waals surface area contributed by atoms with Gasteiger partial charge in [-0.3, -0.25) is 0 Å². The fourth-order valence-electron chi connectivity index (χ4n) is 4.21. The van der Waals surface area contributed by atoms with Gasteiger partial charge in [-0.15, -0.1) is 0 Å². The summed E-state index contributed by atoms with van der Waals surface area (Å²) < 4.78 is 0. The monoisotopic (exact) mass is 248 g/mol. The Bertz CT molecular complexity index is 552. The maximum Gasteiger partial charge on any atom is -0.0131 e. The Kier molecular flexibility index (Phi) is 2.69. The highest BCUT2D eigenvalue weighted by atomic mass is 14.4. The molecule has 0 N–H and O–H groups in total. The summed E-state index contributed by atoms with van der Waals surface area (Å²) in [6, 6.07) is 20.0. The van der Waals surface area contributed by atoms with E-state index in [2.05, 4.69) is 54.6 Å². The van der Waals surface area contributed by atoms with Gasteiger partial charge >= 0.3 is 0 Å². The van der Waals surface area contributed by atoms with Crippen molar-refractivity contribution in [2.24, 2.45) is 11.8 Å². The quantitative estimate of drug-likeness (QED) is 0.680. The van der Waals surface area contributed by atoms with E-state index in [1.165, 1.54) is 36.8 Å². The van der Waals surface area contributed by atoms with E-state index in [1.54, 1.807) is 5.56 Å². The molecule has 0 radical (unpaired) electrons. The molecule has 3 atom stereocenters. The normalized spacial score (nSPS) is 28.7. The molecule has 3 unspecified atom stereocenters. The van der Waals surface area contributed by atoms with Gasteiger partial charge in [-0.05, 0) is 53.7 Å². The van der Waals surface area contributed by atoms with Crippen molar-refractivity contribution in [1.82, 2.24) is 0 Å². The van der Waals surface area contributed by atoms with Gasteiger partial charge in [0.25, 0.3) is 0 Å². The zero-order chi connectivity index (χ0) is 12.7. The van der Waals surface area contributed by atoms with Crippen molar-refractivity contribution in [1.29, 1.82) is 0 Å². The summed E-state index contributed by atoms with van der Waals surface area (Å²) >= 11 is 0. The van der Waals surface area contributed by atoms with Crippen molar-refractivity contribution in [3.8, 4) is 11.1 Å². The molecule has 0 heterocycles. The van der Waals surface area contributed by atoms with Crippen LogP contribution in [0.2, 0.25) is 0 Å². The molecule has 2 aromatic rings. The molecule has 2 bridgehead atoms. The predicted molar refractivity (Wildman–Crippen MR) is 80.1 cm³/mol. The van der Waals surface area contributed by atoms with Gasteiger partial charge in [0.05, 0.1) is 0 Å². The number of hydrogen-bond acceptors (Lipinski definition) is 0. The molecule has 2 aliphatic rings. The van der Waals surface area contributed by atoms with Crippen LogP contribution in [0.4, 0.5) is 0 Å². The molecular formula is C19H20. The van der Waals surface area contributed by atoms with Gasteiger partial charge < -0.3 is 0 Å². The van der Waals surface area contributed by atoms with Gasteiger partial charge in [-0.1, -0.05) is 61.0 Å². The summed E-state index contributed by atoms with van der Waals surface area (Å²) in [7, 11) is 0. The smallest absolute Gasteiger partial charge is 0.0131 e. The van der Waals surface area contributed by atoms with E-state index in [0.717, 1.165) is 17.8 Å². The molecule has 96 valence electrons. The van der Waals surface area contributed by atoms with Crippen molar-refractivity contribution in [2.75, 3.05) is 0 Å². The van der Waals surface area contributed by atoms with Gasteiger partial charge in [0.1, 0.15) is 0 Å². The minimum absolute atomic E-state index is 0.851. The summed E-state index contributed by atoms with van der Waals surface area (Å²) in [5.74, 6) is 2.86. The van der Waals surface area contributed by atoms with E-state index in [-0.39, 0.29) is 0 Å². The maximum absolute atomic E-state index is 2.37. The van der Waals surface area contributed by atoms with E-state index in [9.17, 15) is 0 Å². The molecule has 0 aliphatic heterocycles. The summed E-state index contributed by atoms with van der Waals surface area (Å²) in [6.45, 7) is 0. The number of benzene rings is 2. The lowest BCUT2D eigenvalue weighted by molar-refractivity contribution is 0.420. The van der Waals surface area contributed by atoms with Crippen LogP contribution in [0.15, 0.2) is 54.6 Å². The third-order valence-electron chi connectivity index (χ3n) is 5.18. The Hall–Kier alpha value is -1.56. The Morgan fingerprint density at radius 2 is 1.42 bits per heavy atom. The predicted octanol–water partition coefficient (Wildman–Crippen LogP) is 5.26. The fourth-order valence-corrected chi connectivity index (χ4v) is 4.21. The molecule has 0 aromatic heterocycles. The zero-order valence-electron chi connectivity index (χ0n) is 11.3. The second-order valence-corrected chi connectivity index (χ2v) is 6.27.